The normalized spacial score (nSPS) is 15.2. The summed E-state index contributed by atoms with van der Waals surface area (Å²) in [6.07, 6.45) is 2.18. The number of carbonyl (C=O) groups is 1. The summed E-state index contributed by atoms with van der Waals surface area (Å²) < 4.78 is 7.90. The second-order valence-corrected chi connectivity index (χ2v) is 9.25. The zero-order valence-corrected chi connectivity index (χ0v) is 20.1. The molecule has 0 saturated carbocycles. The second kappa shape index (κ2) is 10.3. The highest BCUT2D eigenvalue weighted by Gasteiger charge is 2.35. The smallest absolute Gasteiger partial charge is 0.248 e. The molecule has 1 aliphatic heterocycles. The van der Waals surface area contributed by atoms with Crippen molar-refractivity contribution in [1.82, 2.24) is 14.8 Å². The number of carbonyl (C=O) groups excluding carboxylic acids is 1. The van der Waals surface area contributed by atoms with Gasteiger partial charge in [0.15, 0.2) is 0 Å². The molecule has 1 atom stereocenters. The van der Waals surface area contributed by atoms with Crippen LogP contribution >= 0.6 is 23.4 Å². The molecule has 172 valence electrons. The SMILES string of the molecule is CCCCSc1nc2n(n1)C(c1ccccc1OCc1ccc(Cl)cc1)C(C(N)=O)=C(C)N2. The summed E-state index contributed by atoms with van der Waals surface area (Å²) in [6.45, 7) is 4.33. The minimum Gasteiger partial charge on any atom is -0.489 e. The molecule has 1 aromatic heterocycles. The molecule has 0 fully saturated rings. The fourth-order valence-electron chi connectivity index (χ4n) is 3.69. The first-order valence-corrected chi connectivity index (χ1v) is 12.2. The lowest BCUT2D eigenvalue weighted by Gasteiger charge is -2.28. The standard InChI is InChI=1S/C24H26ClN5O2S/c1-3-4-13-33-24-28-23-27-15(2)20(22(26)31)21(30(23)29-24)18-7-5-6-8-19(18)32-14-16-9-11-17(25)12-10-16/h5-12,21H,3-4,13-14H2,1-2H3,(H2,26,31)(H,27,28,29). The van der Waals surface area contributed by atoms with Crippen LogP contribution in [0.15, 0.2) is 65.0 Å². The van der Waals surface area contributed by atoms with E-state index >= 15 is 0 Å². The number of nitrogens with zero attached hydrogens (tertiary/aromatic N) is 3. The number of nitrogens with one attached hydrogen (secondary N) is 1. The summed E-state index contributed by atoms with van der Waals surface area (Å²) >= 11 is 7.59. The fraction of sp³-hybridized carbons (Fsp3) is 0.292. The summed E-state index contributed by atoms with van der Waals surface area (Å²) in [5, 5.41) is 9.23. The number of nitrogens with two attached hydrogens (primary N) is 1. The number of hydrogen-bond acceptors (Lipinski definition) is 6. The van der Waals surface area contributed by atoms with Crippen molar-refractivity contribution in [3.63, 3.8) is 0 Å². The molecule has 3 N–H and O–H groups in total. The lowest BCUT2D eigenvalue weighted by atomic mass is 9.94. The van der Waals surface area contributed by atoms with Gasteiger partial charge in [0.25, 0.3) is 0 Å². The summed E-state index contributed by atoms with van der Waals surface area (Å²) in [6, 6.07) is 14.6. The Morgan fingerprint density at radius 1 is 1.24 bits per heavy atom. The highest BCUT2D eigenvalue weighted by Crippen LogP contribution is 2.39. The minimum absolute atomic E-state index is 0.357. The van der Waals surface area contributed by atoms with Gasteiger partial charge in [-0.15, -0.1) is 5.10 Å². The lowest BCUT2D eigenvalue weighted by molar-refractivity contribution is -0.115. The average molecular weight is 484 g/mol. The highest BCUT2D eigenvalue weighted by molar-refractivity contribution is 7.99. The Labute approximate surface area is 202 Å². The third kappa shape index (κ3) is 5.17. The van der Waals surface area contributed by atoms with Crippen molar-refractivity contribution in [3.8, 4) is 5.75 Å². The predicted molar refractivity (Wildman–Crippen MR) is 132 cm³/mol. The number of rotatable bonds is 9. The first-order chi connectivity index (χ1) is 16.0. The van der Waals surface area contributed by atoms with Crippen molar-refractivity contribution in [1.29, 1.82) is 0 Å². The van der Waals surface area contributed by atoms with Gasteiger partial charge in [-0.25, -0.2) is 4.68 Å². The van der Waals surface area contributed by atoms with E-state index in [9.17, 15) is 4.79 Å². The molecule has 0 bridgehead atoms. The number of halogens is 1. The lowest BCUT2D eigenvalue weighted by Crippen LogP contribution is -2.32. The van der Waals surface area contributed by atoms with Gasteiger partial charge in [-0.05, 0) is 37.1 Å². The van der Waals surface area contributed by atoms with Crippen LogP contribution in [-0.4, -0.2) is 26.4 Å². The van der Waals surface area contributed by atoms with Crippen molar-refractivity contribution in [2.45, 2.75) is 44.5 Å². The van der Waals surface area contributed by atoms with Crippen LogP contribution in [0.25, 0.3) is 0 Å². The Morgan fingerprint density at radius 3 is 2.73 bits per heavy atom. The number of thioether (sulfide) groups is 1. The van der Waals surface area contributed by atoms with Crippen LogP contribution in [0.5, 0.6) is 5.75 Å². The van der Waals surface area contributed by atoms with Crippen LogP contribution in [0.2, 0.25) is 5.02 Å². The van der Waals surface area contributed by atoms with E-state index in [0.29, 0.717) is 39.8 Å². The molecule has 2 aromatic carbocycles. The number of para-hydroxylation sites is 1. The topological polar surface area (TPSA) is 95.1 Å². The Bertz CT molecular complexity index is 1180. The van der Waals surface area contributed by atoms with Gasteiger partial charge in [-0.3, -0.25) is 4.79 Å². The number of allylic oxidation sites excluding steroid dienone is 1. The van der Waals surface area contributed by atoms with E-state index in [1.807, 2.05) is 55.5 Å². The van der Waals surface area contributed by atoms with E-state index in [1.165, 1.54) is 0 Å². The largest absolute Gasteiger partial charge is 0.489 e. The number of fused-ring (bicyclic) bond motifs is 1. The molecule has 0 aliphatic carbocycles. The Kier molecular flexibility index (Phi) is 7.25. The number of unbranched alkanes of at least 4 members (excludes halogenated alkanes) is 1. The number of ether oxygens (including phenoxy) is 1. The second-order valence-electron chi connectivity index (χ2n) is 7.75. The van der Waals surface area contributed by atoms with Crippen molar-refractivity contribution >= 4 is 35.2 Å². The maximum atomic E-state index is 12.5. The fourth-order valence-corrected chi connectivity index (χ4v) is 4.72. The molecular formula is C24H26ClN5O2S. The van der Waals surface area contributed by atoms with Crippen LogP contribution < -0.4 is 15.8 Å². The molecule has 2 heterocycles. The highest BCUT2D eigenvalue weighted by atomic mass is 35.5. The first-order valence-electron chi connectivity index (χ1n) is 10.8. The summed E-state index contributed by atoms with van der Waals surface area (Å²) in [5.74, 6) is 1.64. The Morgan fingerprint density at radius 2 is 2.00 bits per heavy atom. The predicted octanol–water partition coefficient (Wildman–Crippen LogP) is 5.18. The van der Waals surface area contributed by atoms with E-state index in [0.717, 1.165) is 29.7 Å². The first kappa shape index (κ1) is 23.2. The Hall–Kier alpha value is -2.97. The monoisotopic (exact) mass is 483 g/mol. The van der Waals surface area contributed by atoms with Crippen molar-refractivity contribution in [3.05, 3.63) is 76.0 Å². The number of amides is 1. The van der Waals surface area contributed by atoms with Crippen molar-refractivity contribution < 1.29 is 9.53 Å². The van der Waals surface area contributed by atoms with E-state index < -0.39 is 11.9 Å². The number of benzene rings is 2. The molecule has 1 aliphatic rings. The molecule has 1 unspecified atom stereocenters. The average Bonchev–Trinajstić information content (AvgIpc) is 3.20. The molecule has 0 saturated heterocycles. The van der Waals surface area contributed by atoms with Crippen LogP contribution in [0.3, 0.4) is 0 Å². The molecule has 9 heteroatoms. The van der Waals surface area contributed by atoms with Crippen LogP contribution in [0.1, 0.15) is 43.9 Å². The molecular weight excluding hydrogens is 458 g/mol. The summed E-state index contributed by atoms with van der Waals surface area (Å²) in [7, 11) is 0. The van der Waals surface area contributed by atoms with Gasteiger partial charge >= 0.3 is 0 Å². The zero-order chi connectivity index (χ0) is 23.4. The van der Waals surface area contributed by atoms with Crippen LogP contribution in [0.4, 0.5) is 5.95 Å². The Balaban J connectivity index is 1.70. The quantitative estimate of drug-likeness (QED) is 0.322. The molecule has 33 heavy (non-hydrogen) atoms. The van der Waals surface area contributed by atoms with Gasteiger partial charge in [0.2, 0.25) is 17.0 Å². The van der Waals surface area contributed by atoms with Gasteiger partial charge in [-0.2, -0.15) is 4.98 Å². The van der Waals surface area contributed by atoms with Crippen LogP contribution in [0, 0.1) is 0 Å². The summed E-state index contributed by atoms with van der Waals surface area (Å²) in [4.78, 5) is 17.1. The van der Waals surface area contributed by atoms with Crippen LogP contribution in [-0.2, 0) is 11.4 Å². The van der Waals surface area contributed by atoms with Gasteiger partial charge in [0, 0.05) is 22.0 Å². The number of hydrogen-bond donors (Lipinski definition) is 2. The molecule has 3 aromatic rings. The van der Waals surface area contributed by atoms with Gasteiger partial charge in [0.1, 0.15) is 18.4 Å². The maximum Gasteiger partial charge on any atom is 0.248 e. The van der Waals surface area contributed by atoms with E-state index in [2.05, 4.69) is 17.2 Å². The van der Waals surface area contributed by atoms with Gasteiger partial charge in [0.05, 0.1) is 5.57 Å². The molecule has 0 spiro atoms. The third-order valence-corrected chi connectivity index (χ3v) is 6.52. The molecule has 1 amide bonds. The number of anilines is 1. The van der Waals surface area contributed by atoms with E-state index in [4.69, 9.17) is 27.2 Å². The van der Waals surface area contributed by atoms with E-state index in [1.54, 1.807) is 16.4 Å². The molecule has 0 radical (unpaired) electrons. The van der Waals surface area contributed by atoms with Gasteiger partial charge in [-0.1, -0.05) is 67.0 Å². The molecule has 4 rings (SSSR count). The number of primary amides is 1. The van der Waals surface area contributed by atoms with E-state index in [-0.39, 0.29) is 0 Å². The van der Waals surface area contributed by atoms with Crippen molar-refractivity contribution in [2.75, 3.05) is 11.1 Å². The van der Waals surface area contributed by atoms with Crippen molar-refractivity contribution in [2.24, 2.45) is 5.73 Å². The molecule has 7 nitrogen and oxygen atoms in total. The van der Waals surface area contributed by atoms with Gasteiger partial charge < -0.3 is 15.8 Å². The minimum atomic E-state index is -0.548. The zero-order valence-electron chi connectivity index (χ0n) is 18.5. The third-order valence-electron chi connectivity index (χ3n) is 5.35. The maximum absolute atomic E-state index is 12.5. The number of aromatic nitrogens is 3. The summed E-state index contributed by atoms with van der Waals surface area (Å²) in [5.41, 5.74) is 8.68.